The lowest BCUT2D eigenvalue weighted by atomic mass is 9.85. The normalized spacial score (nSPS) is 22.1. The summed E-state index contributed by atoms with van der Waals surface area (Å²) in [5, 5.41) is 0. The molecule has 0 aliphatic carbocycles. The van der Waals surface area contributed by atoms with E-state index in [1.807, 2.05) is 0 Å². The van der Waals surface area contributed by atoms with Crippen molar-refractivity contribution in [2.24, 2.45) is 11.1 Å². The standard InChI is InChI=1S/C12H26N2O.ClH/c1-12(2,3)11-5-4-7-14(11)8-10-15-9-6-13;/h11H,4-10,13H2,1-3H3;1H. The van der Waals surface area contributed by atoms with E-state index < -0.39 is 0 Å². The Labute approximate surface area is 106 Å². The molecule has 0 saturated carbocycles. The lowest BCUT2D eigenvalue weighted by Gasteiger charge is -2.35. The first kappa shape index (κ1) is 16.2. The Bertz CT molecular complexity index is 182. The number of likely N-dealkylation sites (tertiary alicyclic amines) is 1. The van der Waals surface area contributed by atoms with Gasteiger partial charge >= 0.3 is 0 Å². The highest BCUT2D eigenvalue weighted by Gasteiger charge is 2.33. The molecule has 1 heterocycles. The van der Waals surface area contributed by atoms with Crippen LogP contribution in [0.3, 0.4) is 0 Å². The highest BCUT2D eigenvalue weighted by molar-refractivity contribution is 5.85. The number of rotatable bonds is 5. The third-order valence-electron chi connectivity index (χ3n) is 3.15. The monoisotopic (exact) mass is 250 g/mol. The Balaban J connectivity index is 0.00000225. The predicted molar refractivity (Wildman–Crippen MR) is 71.2 cm³/mol. The maximum atomic E-state index is 5.44. The van der Waals surface area contributed by atoms with E-state index in [-0.39, 0.29) is 12.4 Å². The van der Waals surface area contributed by atoms with Crippen molar-refractivity contribution < 1.29 is 4.74 Å². The largest absolute Gasteiger partial charge is 0.379 e. The molecule has 1 fully saturated rings. The van der Waals surface area contributed by atoms with E-state index in [1.54, 1.807) is 0 Å². The summed E-state index contributed by atoms with van der Waals surface area (Å²) in [4.78, 5) is 2.57. The van der Waals surface area contributed by atoms with Crippen LogP contribution in [0.2, 0.25) is 0 Å². The predicted octanol–water partition coefficient (Wildman–Crippen LogP) is 1.89. The van der Waals surface area contributed by atoms with Gasteiger partial charge in [-0.05, 0) is 24.8 Å². The van der Waals surface area contributed by atoms with E-state index in [2.05, 4.69) is 25.7 Å². The van der Waals surface area contributed by atoms with Crippen molar-refractivity contribution in [3.8, 4) is 0 Å². The molecule has 1 rings (SSSR count). The molecular formula is C12H27ClN2O. The highest BCUT2D eigenvalue weighted by Crippen LogP contribution is 2.32. The molecule has 0 spiro atoms. The van der Waals surface area contributed by atoms with E-state index in [0.717, 1.165) is 19.2 Å². The third-order valence-corrected chi connectivity index (χ3v) is 3.15. The maximum absolute atomic E-state index is 5.44. The zero-order valence-electron chi connectivity index (χ0n) is 10.9. The number of hydrogen-bond donors (Lipinski definition) is 1. The molecule has 1 saturated heterocycles. The van der Waals surface area contributed by atoms with Crippen LogP contribution >= 0.6 is 12.4 Å². The van der Waals surface area contributed by atoms with Gasteiger partial charge in [0.1, 0.15) is 0 Å². The molecule has 0 aromatic heterocycles. The molecule has 0 aromatic rings. The minimum absolute atomic E-state index is 0. The summed E-state index contributed by atoms with van der Waals surface area (Å²) >= 11 is 0. The van der Waals surface area contributed by atoms with Crippen LogP contribution in [0.5, 0.6) is 0 Å². The van der Waals surface area contributed by atoms with Crippen molar-refractivity contribution >= 4 is 12.4 Å². The molecule has 0 bridgehead atoms. The Kier molecular flexibility index (Phi) is 7.57. The fourth-order valence-corrected chi connectivity index (χ4v) is 2.44. The first-order valence-electron chi connectivity index (χ1n) is 6.07. The summed E-state index contributed by atoms with van der Waals surface area (Å²) < 4.78 is 5.44. The number of hydrogen-bond acceptors (Lipinski definition) is 3. The van der Waals surface area contributed by atoms with Gasteiger partial charge in [0.2, 0.25) is 0 Å². The van der Waals surface area contributed by atoms with Gasteiger partial charge in [-0.2, -0.15) is 0 Å². The fourth-order valence-electron chi connectivity index (χ4n) is 2.44. The van der Waals surface area contributed by atoms with E-state index in [1.165, 1.54) is 19.4 Å². The molecular weight excluding hydrogens is 224 g/mol. The Morgan fingerprint density at radius 1 is 1.31 bits per heavy atom. The van der Waals surface area contributed by atoms with Crippen LogP contribution in [0.4, 0.5) is 0 Å². The summed E-state index contributed by atoms with van der Waals surface area (Å²) in [5.41, 5.74) is 5.77. The Morgan fingerprint density at radius 3 is 2.56 bits per heavy atom. The average Bonchev–Trinajstić information content (AvgIpc) is 2.59. The van der Waals surface area contributed by atoms with Gasteiger partial charge in [-0.15, -0.1) is 12.4 Å². The topological polar surface area (TPSA) is 38.5 Å². The maximum Gasteiger partial charge on any atom is 0.0594 e. The van der Waals surface area contributed by atoms with Gasteiger partial charge in [0.05, 0.1) is 13.2 Å². The summed E-state index contributed by atoms with van der Waals surface area (Å²) in [6, 6.07) is 0.721. The van der Waals surface area contributed by atoms with Crippen molar-refractivity contribution in [3.63, 3.8) is 0 Å². The molecule has 1 aliphatic heterocycles. The van der Waals surface area contributed by atoms with Crippen molar-refractivity contribution in [1.29, 1.82) is 0 Å². The van der Waals surface area contributed by atoms with Gasteiger partial charge < -0.3 is 10.5 Å². The second-order valence-electron chi connectivity index (χ2n) is 5.46. The van der Waals surface area contributed by atoms with E-state index in [0.29, 0.717) is 18.6 Å². The molecule has 2 N–H and O–H groups in total. The molecule has 98 valence electrons. The first-order valence-corrected chi connectivity index (χ1v) is 6.07. The van der Waals surface area contributed by atoms with Crippen molar-refractivity contribution in [2.45, 2.75) is 39.7 Å². The molecule has 0 aromatic carbocycles. The second-order valence-corrected chi connectivity index (χ2v) is 5.46. The SMILES string of the molecule is CC(C)(C)C1CCCN1CCOCCN.Cl. The quantitative estimate of drug-likeness (QED) is 0.758. The summed E-state index contributed by atoms with van der Waals surface area (Å²) in [6.45, 7) is 11.4. The minimum Gasteiger partial charge on any atom is -0.379 e. The molecule has 4 heteroatoms. The van der Waals surface area contributed by atoms with Crippen LogP contribution < -0.4 is 5.73 Å². The van der Waals surface area contributed by atoms with E-state index >= 15 is 0 Å². The number of halogens is 1. The van der Waals surface area contributed by atoms with Crippen LogP contribution in [0, 0.1) is 5.41 Å². The van der Waals surface area contributed by atoms with Crippen LogP contribution in [-0.2, 0) is 4.74 Å². The minimum atomic E-state index is 0. The van der Waals surface area contributed by atoms with Gasteiger partial charge in [-0.1, -0.05) is 20.8 Å². The zero-order valence-corrected chi connectivity index (χ0v) is 11.7. The lowest BCUT2D eigenvalue weighted by molar-refractivity contribution is 0.0776. The number of ether oxygens (including phenoxy) is 1. The first-order chi connectivity index (χ1) is 7.05. The zero-order chi connectivity index (χ0) is 11.3. The van der Waals surface area contributed by atoms with Gasteiger partial charge in [0.15, 0.2) is 0 Å². The molecule has 1 aliphatic rings. The van der Waals surface area contributed by atoms with Crippen molar-refractivity contribution in [2.75, 3.05) is 32.8 Å². The fraction of sp³-hybridized carbons (Fsp3) is 1.00. The summed E-state index contributed by atoms with van der Waals surface area (Å²) in [6.07, 6.45) is 2.67. The second kappa shape index (κ2) is 7.49. The molecule has 1 unspecified atom stereocenters. The number of nitrogens with two attached hydrogens (primary N) is 1. The Morgan fingerprint density at radius 2 is 2.00 bits per heavy atom. The average molecular weight is 251 g/mol. The molecule has 16 heavy (non-hydrogen) atoms. The van der Waals surface area contributed by atoms with Crippen LogP contribution in [0.15, 0.2) is 0 Å². The smallest absolute Gasteiger partial charge is 0.0594 e. The molecule has 1 atom stereocenters. The van der Waals surface area contributed by atoms with E-state index in [4.69, 9.17) is 10.5 Å². The molecule has 0 amide bonds. The van der Waals surface area contributed by atoms with Crippen LogP contribution in [-0.4, -0.2) is 43.8 Å². The third kappa shape index (κ3) is 5.00. The van der Waals surface area contributed by atoms with Gasteiger partial charge in [0, 0.05) is 19.1 Å². The lowest BCUT2D eigenvalue weighted by Crippen LogP contribution is -2.41. The van der Waals surface area contributed by atoms with Crippen molar-refractivity contribution in [1.82, 2.24) is 4.90 Å². The number of nitrogens with zero attached hydrogens (tertiary/aromatic N) is 1. The van der Waals surface area contributed by atoms with Gasteiger partial charge in [0.25, 0.3) is 0 Å². The Hall–Kier alpha value is 0.170. The van der Waals surface area contributed by atoms with Crippen molar-refractivity contribution in [3.05, 3.63) is 0 Å². The van der Waals surface area contributed by atoms with Gasteiger partial charge in [-0.3, -0.25) is 4.90 Å². The molecule has 3 nitrogen and oxygen atoms in total. The van der Waals surface area contributed by atoms with Crippen LogP contribution in [0.1, 0.15) is 33.6 Å². The highest BCUT2D eigenvalue weighted by atomic mass is 35.5. The summed E-state index contributed by atoms with van der Waals surface area (Å²) in [7, 11) is 0. The molecule has 0 radical (unpaired) electrons. The summed E-state index contributed by atoms with van der Waals surface area (Å²) in [5.74, 6) is 0. The van der Waals surface area contributed by atoms with Gasteiger partial charge in [-0.25, -0.2) is 0 Å². The van der Waals surface area contributed by atoms with Crippen LogP contribution in [0.25, 0.3) is 0 Å². The van der Waals surface area contributed by atoms with E-state index in [9.17, 15) is 0 Å².